The SMILES string of the molecule is CN(Cc1ccco1)C(=O)COc1cccc(Br)c1. The second kappa shape index (κ2) is 6.43. The lowest BCUT2D eigenvalue weighted by molar-refractivity contribution is -0.132. The average molecular weight is 324 g/mol. The Balaban J connectivity index is 1.84. The number of carbonyl (C=O) groups is 1. The van der Waals surface area contributed by atoms with Gasteiger partial charge in [-0.1, -0.05) is 22.0 Å². The number of hydrogen-bond donors (Lipinski definition) is 0. The topological polar surface area (TPSA) is 42.7 Å². The third-order valence-corrected chi connectivity index (χ3v) is 3.05. The number of likely N-dealkylation sites (N-methyl/N-ethyl adjacent to an activating group) is 1. The van der Waals surface area contributed by atoms with Crippen LogP contribution in [0.1, 0.15) is 5.76 Å². The fourth-order valence-corrected chi connectivity index (χ4v) is 1.91. The van der Waals surface area contributed by atoms with Crippen LogP contribution in [-0.4, -0.2) is 24.5 Å². The molecule has 0 unspecified atom stereocenters. The minimum atomic E-state index is -0.101. The van der Waals surface area contributed by atoms with Crippen molar-refractivity contribution in [1.29, 1.82) is 0 Å². The molecule has 0 aliphatic carbocycles. The highest BCUT2D eigenvalue weighted by Crippen LogP contribution is 2.17. The van der Waals surface area contributed by atoms with E-state index in [1.165, 1.54) is 0 Å². The van der Waals surface area contributed by atoms with E-state index < -0.39 is 0 Å². The summed E-state index contributed by atoms with van der Waals surface area (Å²) in [6.45, 7) is 0.446. The van der Waals surface area contributed by atoms with E-state index in [-0.39, 0.29) is 12.5 Å². The second-order valence-corrected chi connectivity index (χ2v) is 4.99. The summed E-state index contributed by atoms with van der Waals surface area (Å²) in [5.74, 6) is 1.31. The van der Waals surface area contributed by atoms with Gasteiger partial charge in [-0.25, -0.2) is 0 Å². The number of amides is 1. The Bertz CT molecular complexity index is 539. The average Bonchev–Trinajstić information content (AvgIpc) is 2.89. The maximum absolute atomic E-state index is 11.9. The van der Waals surface area contributed by atoms with Crippen LogP contribution in [0.2, 0.25) is 0 Å². The summed E-state index contributed by atoms with van der Waals surface area (Å²) in [6.07, 6.45) is 1.59. The molecule has 0 radical (unpaired) electrons. The van der Waals surface area contributed by atoms with E-state index in [0.29, 0.717) is 12.3 Å². The van der Waals surface area contributed by atoms with Crippen LogP contribution in [0.4, 0.5) is 0 Å². The highest BCUT2D eigenvalue weighted by Gasteiger charge is 2.11. The fraction of sp³-hybridized carbons (Fsp3) is 0.214. The standard InChI is InChI=1S/C14H14BrNO3/c1-16(9-13-6-3-7-18-13)14(17)10-19-12-5-2-4-11(15)8-12/h2-8H,9-10H2,1H3. The Morgan fingerprint density at radius 1 is 1.37 bits per heavy atom. The van der Waals surface area contributed by atoms with Gasteiger partial charge < -0.3 is 14.1 Å². The van der Waals surface area contributed by atoms with E-state index in [4.69, 9.17) is 9.15 Å². The first-order valence-corrected chi connectivity index (χ1v) is 6.59. The Morgan fingerprint density at radius 2 is 2.21 bits per heavy atom. The van der Waals surface area contributed by atoms with Gasteiger partial charge in [0.25, 0.3) is 5.91 Å². The Morgan fingerprint density at radius 3 is 2.89 bits per heavy atom. The predicted octanol–water partition coefficient (Wildman–Crippen LogP) is 3.08. The van der Waals surface area contributed by atoms with Gasteiger partial charge in [0.05, 0.1) is 12.8 Å². The van der Waals surface area contributed by atoms with E-state index in [9.17, 15) is 4.79 Å². The van der Waals surface area contributed by atoms with Crippen LogP contribution >= 0.6 is 15.9 Å². The van der Waals surface area contributed by atoms with Gasteiger partial charge in [-0.05, 0) is 30.3 Å². The van der Waals surface area contributed by atoms with Crippen molar-refractivity contribution in [2.45, 2.75) is 6.54 Å². The molecule has 0 spiro atoms. The molecule has 5 heteroatoms. The molecule has 0 aliphatic heterocycles. The van der Waals surface area contributed by atoms with Crippen molar-refractivity contribution in [3.05, 3.63) is 52.9 Å². The highest BCUT2D eigenvalue weighted by atomic mass is 79.9. The van der Waals surface area contributed by atoms with Gasteiger partial charge in [0.15, 0.2) is 6.61 Å². The third-order valence-electron chi connectivity index (χ3n) is 2.56. The zero-order chi connectivity index (χ0) is 13.7. The molecule has 0 saturated carbocycles. The van der Waals surface area contributed by atoms with E-state index in [1.807, 2.05) is 30.3 Å². The molecule has 4 nitrogen and oxygen atoms in total. The smallest absolute Gasteiger partial charge is 0.260 e. The zero-order valence-corrected chi connectivity index (χ0v) is 12.1. The lowest BCUT2D eigenvalue weighted by Gasteiger charge is -2.16. The van der Waals surface area contributed by atoms with Crippen LogP contribution in [0.15, 0.2) is 51.6 Å². The Labute approximate surface area is 120 Å². The summed E-state index contributed by atoms with van der Waals surface area (Å²) in [7, 11) is 1.72. The molecular weight excluding hydrogens is 310 g/mol. The van der Waals surface area contributed by atoms with Crippen LogP contribution in [0.5, 0.6) is 5.75 Å². The van der Waals surface area contributed by atoms with Crippen molar-refractivity contribution in [1.82, 2.24) is 4.90 Å². The predicted molar refractivity (Wildman–Crippen MR) is 74.8 cm³/mol. The van der Waals surface area contributed by atoms with Crippen molar-refractivity contribution in [2.75, 3.05) is 13.7 Å². The summed E-state index contributed by atoms with van der Waals surface area (Å²) >= 11 is 3.35. The first kappa shape index (κ1) is 13.7. The summed E-state index contributed by atoms with van der Waals surface area (Å²) < 4.78 is 11.5. The molecule has 0 bridgehead atoms. The van der Waals surface area contributed by atoms with Crippen molar-refractivity contribution in [3.63, 3.8) is 0 Å². The monoisotopic (exact) mass is 323 g/mol. The molecule has 1 amide bonds. The van der Waals surface area contributed by atoms with Gasteiger partial charge in [-0.15, -0.1) is 0 Å². The number of halogens is 1. The number of ether oxygens (including phenoxy) is 1. The largest absolute Gasteiger partial charge is 0.484 e. The molecule has 2 rings (SSSR count). The van der Waals surface area contributed by atoms with Crippen molar-refractivity contribution >= 4 is 21.8 Å². The molecule has 100 valence electrons. The summed E-state index contributed by atoms with van der Waals surface area (Å²) in [4.78, 5) is 13.4. The number of benzene rings is 1. The van der Waals surface area contributed by atoms with Crippen molar-refractivity contribution < 1.29 is 13.9 Å². The number of hydrogen-bond acceptors (Lipinski definition) is 3. The highest BCUT2D eigenvalue weighted by molar-refractivity contribution is 9.10. The van der Waals surface area contributed by atoms with Gasteiger partial charge >= 0.3 is 0 Å². The summed E-state index contributed by atoms with van der Waals surface area (Å²) in [5.41, 5.74) is 0. The molecular formula is C14H14BrNO3. The number of nitrogens with zero attached hydrogens (tertiary/aromatic N) is 1. The van der Waals surface area contributed by atoms with E-state index in [0.717, 1.165) is 10.2 Å². The Kier molecular flexibility index (Phi) is 4.63. The molecule has 1 aromatic carbocycles. The molecule has 0 saturated heterocycles. The molecule has 1 heterocycles. The maximum atomic E-state index is 11.9. The van der Waals surface area contributed by atoms with E-state index >= 15 is 0 Å². The molecule has 0 fully saturated rings. The number of furan rings is 1. The molecule has 1 aromatic heterocycles. The third kappa shape index (κ3) is 4.13. The molecule has 0 N–H and O–H groups in total. The van der Waals surface area contributed by atoms with Gasteiger partial charge in [0, 0.05) is 11.5 Å². The molecule has 0 atom stereocenters. The van der Waals surface area contributed by atoms with Crippen LogP contribution in [0, 0.1) is 0 Å². The molecule has 2 aromatic rings. The van der Waals surface area contributed by atoms with Crippen LogP contribution in [-0.2, 0) is 11.3 Å². The van der Waals surface area contributed by atoms with Gasteiger partial charge in [-0.2, -0.15) is 0 Å². The van der Waals surface area contributed by atoms with Crippen LogP contribution in [0.25, 0.3) is 0 Å². The second-order valence-electron chi connectivity index (χ2n) is 4.08. The summed E-state index contributed by atoms with van der Waals surface area (Å²) in [6, 6.07) is 11.0. The van der Waals surface area contributed by atoms with E-state index in [1.54, 1.807) is 24.3 Å². The minimum Gasteiger partial charge on any atom is -0.484 e. The lowest BCUT2D eigenvalue weighted by Crippen LogP contribution is -2.30. The maximum Gasteiger partial charge on any atom is 0.260 e. The van der Waals surface area contributed by atoms with Gasteiger partial charge in [-0.3, -0.25) is 4.79 Å². The zero-order valence-electron chi connectivity index (χ0n) is 10.5. The first-order valence-electron chi connectivity index (χ1n) is 5.80. The van der Waals surface area contributed by atoms with E-state index in [2.05, 4.69) is 15.9 Å². The van der Waals surface area contributed by atoms with Crippen molar-refractivity contribution in [3.8, 4) is 5.75 Å². The fourth-order valence-electron chi connectivity index (χ4n) is 1.54. The number of carbonyl (C=O) groups excluding carboxylic acids is 1. The number of rotatable bonds is 5. The lowest BCUT2D eigenvalue weighted by atomic mass is 10.3. The van der Waals surface area contributed by atoms with Crippen molar-refractivity contribution in [2.24, 2.45) is 0 Å². The normalized spacial score (nSPS) is 10.2. The first-order chi connectivity index (χ1) is 9.15. The van der Waals surface area contributed by atoms with Gasteiger partial charge in [0.1, 0.15) is 11.5 Å². The molecule has 19 heavy (non-hydrogen) atoms. The van der Waals surface area contributed by atoms with Crippen LogP contribution < -0.4 is 4.74 Å². The van der Waals surface area contributed by atoms with Gasteiger partial charge in [0.2, 0.25) is 0 Å². The van der Waals surface area contributed by atoms with Crippen LogP contribution in [0.3, 0.4) is 0 Å². The Hall–Kier alpha value is -1.75. The quantitative estimate of drug-likeness (QED) is 0.849. The minimum absolute atomic E-state index is 0.00760. The molecule has 0 aliphatic rings. The summed E-state index contributed by atoms with van der Waals surface area (Å²) in [5, 5.41) is 0.